The number of nitrogens with one attached hydrogen (secondary N) is 1. The fraction of sp³-hybridized carbons (Fsp3) is 0.158. The summed E-state index contributed by atoms with van der Waals surface area (Å²) in [5.41, 5.74) is 2.23. The van der Waals surface area contributed by atoms with Gasteiger partial charge in [0.25, 0.3) is 5.56 Å². The van der Waals surface area contributed by atoms with Gasteiger partial charge in [0.05, 0.1) is 18.6 Å². The first-order valence-corrected chi connectivity index (χ1v) is 7.82. The molecule has 3 rings (SSSR count). The number of aromatic hydroxyl groups is 1. The van der Waals surface area contributed by atoms with E-state index in [0.717, 1.165) is 21.4 Å². The number of carboxylic acid groups (broad SMARTS) is 1. The van der Waals surface area contributed by atoms with Crippen molar-refractivity contribution in [2.24, 2.45) is 0 Å². The van der Waals surface area contributed by atoms with Crippen LogP contribution in [0.25, 0.3) is 10.9 Å². The third kappa shape index (κ3) is 3.47. The molecule has 3 aromatic rings. The zero-order valence-corrected chi connectivity index (χ0v) is 13.7. The molecule has 0 unspecified atom stereocenters. The van der Waals surface area contributed by atoms with E-state index in [2.05, 4.69) is 4.98 Å². The maximum Gasteiger partial charge on any atom is 0.407 e. The van der Waals surface area contributed by atoms with Gasteiger partial charge in [0.1, 0.15) is 5.75 Å². The third-order valence-electron chi connectivity index (χ3n) is 4.15. The lowest BCUT2D eigenvalue weighted by Crippen LogP contribution is -2.31. The van der Waals surface area contributed by atoms with Crippen LogP contribution in [0.1, 0.15) is 16.7 Å². The van der Waals surface area contributed by atoms with Crippen molar-refractivity contribution in [3.05, 3.63) is 75.6 Å². The number of amides is 1. The summed E-state index contributed by atoms with van der Waals surface area (Å²) in [7, 11) is 0. The van der Waals surface area contributed by atoms with E-state index in [1.165, 1.54) is 6.07 Å². The fourth-order valence-corrected chi connectivity index (χ4v) is 2.79. The summed E-state index contributed by atoms with van der Waals surface area (Å²) in [6.45, 7) is 1.83. The van der Waals surface area contributed by atoms with E-state index >= 15 is 0 Å². The number of H-pyrrole nitrogens is 1. The van der Waals surface area contributed by atoms with E-state index < -0.39 is 6.09 Å². The minimum absolute atomic E-state index is 0.00665. The maximum absolute atomic E-state index is 12.3. The largest absolute Gasteiger partial charge is 0.508 e. The van der Waals surface area contributed by atoms with Crippen molar-refractivity contribution in [3.63, 3.8) is 0 Å². The molecule has 0 spiro atoms. The Morgan fingerprint density at radius 1 is 1.08 bits per heavy atom. The van der Waals surface area contributed by atoms with Gasteiger partial charge < -0.3 is 15.2 Å². The lowest BCUT2D eigenvalue weighted by molar-refractivity contribution is 0.138. The van der Waals surface area contributed by atoms with Crippen molar-refractivity contribution >= 4 is 17.0 Å². The highest BCUT2D eigenvalue weighted by molar-refractivity contribution is 5.82. The molecule has 0 saturated heterocycles. The molecule has 0 fully saturated rings. The van der Waals surface area contributed by atoms with Gasteiger partial charge in [-0.2, -0.15) is 0 Å². The van der Waals surface area contributed by atoms with Crippen molar-refractivity contribution in [2.75, 3.05) is 0 Å². The van der Waals surface area contributed by atoms with Crippen molar-refractivity contribution in [3.8, 4) is 5.75 Å². The van der Waals surface area contributed by atoms with Crippen LogP contribution >= 0.6 is 0 Å². The van der Waals surface area contributed by atoms with Gasteiger partial charge in [0, 0.05) is 11.1 Å². The first-order valence-electron chi connectivity index (χ1n) is 7.82. The van der Waals surface area contributed by atoms with Crippen LogP contribution in [0.5, 0.6) is 5.75 Å². The van der Waals surface area contributed by atoms with Gasteiger partial charge >= 0.3 is 6.09 Å². The van der Waals surface area contributed by atoms with E-state index in [1.54, 1.807) is 24.3 Å². The van der Waals surface area contributed by atoms with Crippen molar-refractivity contribution in [1.29, 1.82) is 0 Å². The average Bonchev–Trinajstić information content (AvgIpc) is 2.57. The van der Waals surface area contributed by atoms with Crippen LogP contribution in [-0.4, -0.2) is 26.2 Å². The zero-order chi connectivity index (χ0) is 18.0. The Labute approximate surface area is 144 Å². The lowest BCUT2D eigenvalue weighted by Gasteiger charge is -2.20. The average molecular weight is 338 g/mol. The number of aryl methyl sites for hydroxylation is 1. The summed E-state index contributed by atoms with van der Waals surface area (Å²) < 4.78 is 0. The van der Waals surface area contributed by atoms with Gasteiger partial charge in [0.2, 0.25) is 0 Å². The van der Waals surface area contributed by atoms with Gasteiger partial charge in [-0.1, -0.05) is 36.4 Å². The van der Waals surface area contributed by atoms with Gasteiger partial charge in [-0.3, -0.25) is 9.69 Å². The number of rotatable bonds is 4. The first kappa shape index (κ1) is 16.6. The molecule has 6 nitrogen and oxygen atoms in total. The molecule has 0 aliphatic heterocycles. The number of carbonyl (C=O) groups is 1. The first-order chi connectivity index (χ1) is 12.0. The molecule has 0 atom stereocenters. The molecular formula is C19H18N2O4. The molecule has 2 aromatic carbocycles. The summed E-state index contributed by atoms with van der Waals surface area (Å²) in [5, 5.41) is 20.2. The van der Waals surface area contributed by atoms with Crippen molar-refractivity contribution in [2.45, 2.75) is 20.0 Å². The summed E-state index contributed by atoms with van der Waals surface area (Å²) >= 11 is 0. The molecular weight excluding hydrogens is 320 g/mol. The number of hydrogen-bond acceptors (Lipinski definition) is 3. The molecule has 0 aliphatic rings. The number of para-hydroxylation sites is 2. The second-order valence-corrected chi connectivity index (χ2v) is 5.93. The summed E-state index contributed by atoms with van der Waals surface area (Å²) in [6.07, 6.45) is -1.16. The molecule has 0 radical (unpaired) electrons. The molecule has 3 N–H and O–H groups in total. The third-order valence-corrected chi connectivity index (χ3v) is 4.15. The lowest BCUT2D eigenvalue weighted by atomic mass is 10.1. The molecule has 0 bridgehead atoms. The maximum atomic E-state index is 12.3. The summed E-state index contributed by atoms with van der Waals surface area (Å²) in [6, 6.07) is 13.9. The van der Waals surface area contributed by atoms with Crippen LogP contribution in [0.15, 0.2) is 53.3 Å². The summed E-state index contributed by atoms with van der Waals surface area (Å²) in [5.74, 6) is 0.0248. The number of aromatic amines is 1. The fourth-order valence-electron chi connectivity index (χ4n) is 2.79. The number of benzene rings is 2. The topological polar surface area (TPSA) is 93.6 Å². The quantitative estimate of drug-likeness (QED) is 0.681. The molecule has 1 aromatic heterocycles. The minimum atomic E-state index is -1.16. The monoisotopic (exact) mass is 338 g/mol. The van der Waals surface area contributed by atoms with E-state index in [0.29, 0.717) is 11.1 Å². The highest BCUT2D eigenvalue weighted by Gasteiger charge is 2.17. The number of phenolic OH excluding ortho intramolecular Hbond substituents is 1. The minimum Gasteiger partial charge on any atom is -0.508 e. The van der Waals surface area contributed by atoms with Crippen molar-refractivity contribution in [1.82, 2.24) is 9.88 Å². The Balaban J connectivity index is 1.94. The molecule has 6 heteroatoms. The Bertz CT molecular complexity index is 994. The zero-order valence-electron chi connectivity index (χ0n) is 13.7. The van der Waals surface area contributed by atoms with Gasteiger partial charge in [-0.25, -0.2) is 4.79 Å². The Kier molecular flexibility index (Phi) is 4.43. The smallest absolute Gasteiger partial charge is 0.407 e. The SMILES string of the molecule is Cc1cccc2cc(CN(Cc3ccccc3O)C(=O)O)c(=O)[nH]c12. The highest BCUT2D eigenvalue weighted by atomic mass is 16.4. The van der Waals surface area contributed by atoms with E-state index in [4.69, 9.17) is 0 Å². The van der Waals surface area contributed by atoms with Gasteiger partial charge in [-0.15, -0.1) is 0 Å². The van der Waals surface area contributed by atoms with E-state index in [-0.39, 0.29) is 24.4 Å². The van der Waals surface area contributed by atoms with Crippen LogP contribution in [-0.2, 0) is 13.1 Å². The van der Waals surface area contributed by atoms with Crippen LogP contribution < -0.4 is 5.56 Å². The second-order valence-electron chi connectivity index (χ2n) is 5.93. The Hall–Kier alpha value is -3.28. The number of aromatic nitrogens is 1. The predicted octanol–water partition coefficient (Wildman–Crippen LogP) is 3.22. The normalized spacial score (nSPS) is 10.8. The molecule has 1 amide bonds. The number of hydrogen-bond donors (Lipinski definition) is 3. The number of fused-ring (bicyclic) bond motifs is 1. The van der Waals surface area contributed by atoms with Gasteiger partial charge in [-0.05, 0) is 30.0 Å². The predicted molar refractivity (Wildman–Crippen MR) is 94.7 cm³/mol. The molecule has 0 aliphatic carbocycles. The van der Waals surface area contributed by atoms with Crippen molar-refractivity contribution < 1.29 is 15.0 Å². The van der Waals surface area contributed by atoms with E-state index in [9.17, 15) is 19.8 Å². The number of pyridine rings is 1. The van der Waals surface area contributed by atoms with Crippen LogP contribution in [0.2, 0.25) is 0 Å². The van der Waals surface area contributed by atoms with E-state index in [1.807, 2.05) is 25.1 Å². The molecule has 25 heavy (non-hydrogen) atoms. The Morgan fingerprint density at radius 3 is 2.52 bits per heavy atom. The molecule has 0 saturated carbocycles. The summed E-state index contributed by atoms with van der Waals surface area (Å²) in [4.78, 5) is 27.8. The van der Waals surface area contributed by atoms with Gasteiger partial charge in [0.15, 0.2) is 0 Å². The standard InChI is InChI=1S/C19H18N2O4/c1-12-5-4-7-13-9-15(18(23)20-17(12)13)11-21(19(24)25)10-14-6-2-3-8-16(14)22/h2-9,22H,10-11H2,1H3,(H,20,23)(H,24,25). The van der Waals surface area contributed by atoms with Crippen LogP contribution in [0.4, 0.5) is 4.79 Å². The van der Waals surface area contributed by atoms with Crippen LogP contribution in [0.3, 0.4) is 0 Å². The Morgan fingerprint density at radius 2 is 1.80 bits per heavy atom. The molecule has 128 valence electrons. The number of phenols is 1. The number of nitrogens with zero attached hydrogens (tertiary/aromatic N) is 1. The van der Waals surface area contributed by atoms with Crippen LogP contribution in [0, 0.1) is 6.92 Å². The molecule has 1 heterocycles. The second kappa shape index (κ2) is 6.68. The highest BCUT2D eigenvalue weighted by Crippen LogP contribution is 2.20.